The molecule has 1 aromatic carbocycles. The van der Waals surface area contributed by atoms with E-state index in [1.165, 1.54) is 0 Å². The van der Waals surface area contributed by atoms with Gasteiger partial charge < -0.3 is 0 Å². The summed E-state index contributed by atoms with van der Waals surface area (Å²) in [4.78, 5) is 0. The molecule has 1 aromatic rings. The number of alkyl halides is 2. The Morgan fingerprint density at radius 1 is 1.20 bits per heavy atom. The number of rotatable bonds is 1. The Balaban J connectivity index is 2.70. The number of hydrogen-bond acceptors (Lipinski definition) is 1. The normalized spacial score (nSPS) is 10.0. The average Bonchev–Trinajstić information content (AvgIpc) is 2.17. The van der Waals surface area contributed by atoms with Crippen molar-refractivity contribution >= 4 is 0 Å². The monoisotopic (exact) mass is 205 g/mol. The fraction of sp³-hybridized carbons (Fsp3) is 0.250. The van der Waals surface area contributed by atoms with E-state index in [2.05, 4.69) is 11.8 Å². The minimum absolute atomic E-state index is 0.451. The fourth-order valence-corrected chi connectivity index (χ4v) is 0.930. The molecule has 0 atom stereocenters. The molecule has 0 aliphatic heterocycles. The van der Waals surface area contributed by atoms with Crippen LogP contribution in [0.15, 0.2) is 24.3 Å². The Morgan fingerprint density at radius 2 is 1.73 bits per heavy atom. The third-order valence-corrected chi connectivity index (χ3v) is 1.65. The Hall–Kier alpha value is -1.87. The van der Waals surface area contributed by atoms with E-state index in [-0.39, 0.29) is 0 Å². The molecule has 0 heterocycles. The molecule has 15 heavy (non-hydrogen) atoms. The van der Waals surface area contributed by atoms with Crippen molar-refractivity contribution in [3.8, 4) is 17.9 Å². The Labute approximate surface area is 87.3 Å². The lowest BCUT2D eigenvalue weighted by Gasteiger charge is -2.02. The second-order valence-corrected chi connectivity index (χ2v) is 3.24. The lowest BCUT2D eigenvalue weighted by atomic mass is 10.1. The van der Waals surface area contributed by atoms with Crippen LogP contribution in [0.25, 0.3) is 0 Å². The summed E-state index contributed by atoms with van der Waals surface area (Å²) in [5, 5.41) is 8.53. The first kappa shape index (κ1) is 11.2. The summed E-state index contributed by atoms with van der Waals surface area (Å²) in [6.07, 6.45) is -0.451. The molecule has 0 fully saturated rings. The van der Waals surface area contributed by atoms with Crippen LogP contribution in [0.4, 0.5) is 8.78 Å². The van der Waals surface area contributed by atoms with Gasteiger partial charge in [-0.2, -0.15) is 5.26 Å². The molecule has 1 rings (SSSR count). The van der Waals surface area contributed by atoms with Crippen LogP contribution in [0.5, 0.6) is 0 Å². The maximum Gasteiger partial charge on any atom is 0.256 e. The highest BCUT2D eigenvalue weighted by molar-refractivity contribution is 5.39. The van der Waals surface area contributed by atoms with Gasteiger partial charge in [0.1, 0.15) is 0 Å². The van der Waals surface area contributed by atoms with Gasteiger partial charge in [0, 0.05) is 12.5 Å². The van der Waals surface area contributed by atoms with Crippen LogP contribution < -0.4 is 0 Å². The first-order chi connectivity index (χ1) is 7.01. The minimum atomic E-state index is -2.75. The van der Waals surface area contributed by atoms with Gasteiger partial charge in [-0.15, -0.1) is 0 Å². The topological polar surface area (TPSA) is 23.8 Å². The molecular formula is C12H9F2N. The number of hydrogen-bond donors (Lipinski definition) is 0. The molecule has 0 spiro atoms. The van der Waals surface area contributed by atoms with Gasteiger partial charge in [-0.25, -0.2) is 8.78 Å². The Bertz CT molecular complexity index is 424. The maximum atomic E-state index is 12.4. The molecule has 76 valence electrons. The second kappa shape index (κ2) is 4.57. The summed E-state index contributed by atoms with van der Waals surface area (Å²) in [5.41, 5.74) is 1.17. The first-order valence-corrected chi connectivity index (χ1v) is 4.38. The average molecular weight is 205 g/mol. The van der Waals surface area contributed by atoms with Crippen molar-refractivity contribution in [1.29, 1.82) is 5.26 Å². The molecule has 0 aliphatic carbocycles. The summed E-state index contributed by atoms with van der Waals surface area (Å²) in [6.45, 7) is 0.834. The predicted octanol–water partition coefficient (Wildman–Crippen LogP) is 2.96. The SMILES string of the molecule is CC(F)(F)CC#Cc1ccc(C#N)cc1. The van der Waals surface area contributed by atoms with Crippen LogP contribution in [0.1, 0.15) is 24.5 Å². The van der Waals surface area contributed by atoms with E-state index in [0.717, 1.165) is 6.92 Å². The van der Waals surface area contributed by atoms with Gasteiger partial charge in [0.15, 0.2) is 0 Å². The van der Waals surface area contributed by atoms with Crippen molar-refractivity contribution in [2.24, 2.45) is 0 Å². The van der Waals surface area contributed by atoms with Crippen LogP contribution in [0.3, 0.4) is 0 Å². The number of benzene rings is 1. The molecule has 0 amide bonds. The first-order valence-electron chi connectivity index (χ1n) is 4.38. The third-order valence-electron chi connectivity index (χ3n) is 1.65. The van der Waals surface area contributed by atoms with Crippen LogP contribution in [-0.2, 0) is 0 Å². The van der Waals surface area contributed by atoms with Gasteiger partial charge in [-0.05, 0) is 24.3 Å². The highest BCUT2D eigenvalue weighted by atomic mass is 19.3. The predicted molar refractivity (Wildman–Crippen MR) is 53.3 cm³/mol. The molecule has 1 nitrogen and oxygen atoms in total. The quantitative estimate of drug-likeness (QED) is 0.646. The van der Waals surface area contributed by atoms with Crippen LogP contribution in [-0.4, -0.2) is 5.92 Å². The van der Waals surface area contributed by atoms with Gasteiger partial charge in [-0.1, -0.05) is 11.8 Å². The van der Waals surface area contributed by atoms with E-state index in [1.54, 1.807) is 24.3 Å². The zero-order chi connectivity index (χ0) is 11.3. The van der Waals surface area contributed by atoms with Gasteiger partial charge in [0.2, 0.25) is 0 Å². The molecule has 0 saturated heterocycles. The molecule has 0 unspecified atom stereocenters. The highest BCUT2D eigenvalue weighted by Crippen LogP contribution is 2.15. The summed E-state index contributed by atoms with van der Waals surface area (Å²) >= 11 is 0. The van der Waals surface area contributed by atoms with E-state index >= 15 is 0 Å². The van der Waals surface area contributed by atoms with Crippen molar-refractivity contribution in [1.82, 2.24) is 0 Å². The summed E-state index contributed by atoms with van der Waals surface area (Å²) in [7, 11) is 0. The van der Waals surface area contributed by atoms with Crippen molar-refractivity contribution in [3.63, 3.8) is 0 Å². The minimum Gasteiger partial charge on any atom is -0.206 e. The van der Waals surface area contributed by atoms with Crippen molar-refractivity contribution in [3.05, 3.63) is 35.4 Å². The number of halogens is 2. The molecule has 0 aromatic heterocycles. The van der Waals surface area contributed by atoms with Gasteiger partial charge in [-0.3, -0.25) is 0 Å². The molecule has 0 N–H and O–H groups in total. The summed E-state index contributed by atoms with van der Waals surface area (Å²) < 4.78 is 24.8. The smallest absolute Gasteiger partial charge is 0.206 e. The largest absolute Gasteiger partial charge is 0.256 e. The molecular weight excluding hydrogens is 196 g/mol. The van der Waals surface area contributed by atoms with Crippen LogP contribution >= 0.6 is 0 Å². The van der Waals surface area contributed by atoms with E-state index < -0.39 is 12.3 Å². The zero-order valence-electron chi connectivity index (χ0n) is 8.22. The van der Waals surface area contributed by atoms with Gasteiger partial charge in [0.25, 0.3) is 5.92 Å². The zero-order valence-corrected chi connectivity index (χ0v) is 8.22. The molecule has 0 saturated carbocycles. The van der Waals surface area contributed by atoms with Crippen LogP contribution in [0.2, 0.25) is 0 Å². The molecule has 0 radical (unpaired) electrons. The van der Waals surface area contributed by atoms with Crippen molar-refractivity contribution < 1.29 is 8.78 Å². The van der Waals surface area contributed by atoms with Crippen molar-refractivity contribution in [2.75, 3.05) is 0 Å². The molecule has 0 aliphatic rings. The Kier molecular flexibility index (Phi) is 3.42. The van der Waals surface area contributed by atoms with E-state index in [4.69, 9.17) is 5.26 Å². The Morgan fingerprint density at radius 3 is 2.20 bits per heavy atom. The highest BCUT2D eigenvalue weighted by Gasteiger charge is 2.18. The van der Waals surface area contributed by atoms with Gasteiger partial charge in [0.05, 0.1) is 18.1 Å². The second-order valence-electron chi connectivity index (χ2n) is 3.24. The van der Waals surface area contributed by atoms with Gasteiger partial charge >= 0.3 is 0 Å². The van der Waals surface area contributed by atoms with Crippen molar-refractivity contribution in [2.45, 2.75) is 19.3 Å². The van der Waals surface area contributed by atoms with E-state index in [1.807, 2.05) is 6.07 Å². The standard InChI is InChI=1S/C12H9F2N/c1-12(13,14)8-2-3-10-4-6-11(9-15)7-5-10/h4-7H,8H2,1H3. The third kappa shape index (κ3) is 4.24. The van der Waals surface area contributed by atoms with Crippen LogP contribution in [0, 0.1) is 23.2 Å². The summed E-state index contributed by atoms with van der Waals surface area (Å²) in [5.74, 6) is 2.26. The molecule has 0 bridgehead atoms. The number of nitrogens with zero attached hydrogens (tertiary/aromatic N) is 1. The lowest BCUT2D eigenvalue weighted by Crippen LogP contribution is -2.06. The lowest BCUT2D eigenvalue weighted by molar-refractivity contribution is 0.0278. The number of nitriles is 1. The fourth-order valence-electron chi connectivity index (χ4n) is 0.930. The van der Waals surface area contributed by atoms with E-state index in [9.17, 15) is 8.78 Å². The summed E-state index contributed by atoms with van der Waals surface area (Å²) in [6, 6.07) is 8.45. The van der Waals surface area contributed by atoms with E-state index in [0.29, 0.717) is 11.1 Å². The molecule has 3 heteroatoms. The maximum absolute atomic E-state index is 12.4.